The van der Waals surface area contributed by atoms with Crippen molar-refractivity contribution in [3.8, 4) is 0 Å². The van der Waals surface area contributed by atoms with Gasteiger partial charge in [-0.3, -0.25) is 0 Å². The third kappa shape index (κ3) is 2.60. The van der Waals surface area contributed by atoms with Gasteiger partial charge in [0.05, 0.1) is 0 Å². The maximum absolute atomic E-state index is 6.04. The molecule has 82 valence electrons. The highest BCUT2D eigenvalue weighted by Crippen LogP contribution is 2.27. The average molecular weight is 203 g/mol. The molecule has 1 aliphatic carbocycles. The van der Waals surface area contributed by atoms with Gasteiger partial charge in [0.2, 0.25) is 0 Å². The van der Waals surface area contributed by atoms with Crippen molar-refractivity contribution in [1.82, 2.24) is 0 Å². The van der Waals surface area contributed by atoms with Crippen LogP contribution in [0.3, 0.4) is 0 Å². The van der Waals surface area contributed by atoms with Crippen LogP contribution in [0.5, 0.6) is 0 Å². The molecule has 0 aromatic heterocycles. The van der Waals surface area contributed by atoms with Gasteiger partial charge < -0.3 is 5.73 Å². The van der Waals surface area contributed by atoms with E-state index in [1.54, 1.807) is 11.1 Å². The molecule has 0 bridgehead atoms. The average Bonchev–Trinajstić information content (AvgIpc) is 2.40. The third-order valence-electron chi connectivity index (χ3n) is 3.07. The van der Waals surface area contributed by atoms with Crippen LogP contribution in [0.4, 0.5) is 0 Å². The highest BCUT2D eigenvalue weighted by atomic mass is 14.7. The molecule has 1 aromatic carbocycles. The molecule has 1 nitrogen and oxygen atoms in total. The summed E-state index contributed by atoms with van der Waals surface area (Å²) < 4.78 is 0. The van der Waals surface area contributed by atoms with Gasteiger partial charge in [-0.05, 0) is 55.7 Å². The van der Waals surface area contributed by atoms with Gasteiger partial charge in [-0.15, -0.1) is 0 Å². The monoisotopic (exact) mass is 203 g/mol. The van der Waals surface area contributed by atoms with E-state index in [2.05, 4.69) is 39.0 Å². The molecule has 0 saturated carbocycles. The van der Waals surface area contributed by atoms with Crippen molar-refractivity contribution in [1.29, 1.82) is 0 Å². The van der Waals surface area contributed by atoms with Crippen molar-refractivity contribution < 1.29 is 0 Å². The molecule has 1 atom stereocenters. The molecule has 0 heterocycles. The number of hydrogen-bond acceptors (Lipinski definition) is 1. The summed E-state index contributed by atoms with van der Waals surface area (Å²) in [4.78, 5) is 0. The summed E-state index contributed by atoms with van der Waals surface area (Å²) in [6, 6.07) is 6.89. The molecule has 1 aromatic rings. The van der Waals surface area contributed by atoms with Crippen LogP contribution in [0.25, 0.3) is 0 Å². The van der Waals surface area contributed by atoms with Crippen LogP contribution in [-0.2, 0) is 19.3 Å². The molecule has 0 aliphatic heterocycles. The maximum Gasteiger partial charge on any atom is 0.0138 e. The summed E-state index contributed by atoms with van der Waals surface area (Å²) in [6.45, 7) is 6.50. The van der Waals surface area contributed by atoms with Crippen LogP contribution in [0, 0.1) is 5.92 Å². The Morgan fingerprint density at radius 2 is 1.93 bits per heavy atom. The SMILES string of the molecule is CC1Cc2ccc(CC(C)(C)N)cc2C1. The van der Waals surface area contributed by atoms with Crippen molar-refractivity contribution in [2.45, 2.75) is 45.6 Å². The van der Waals surface area contributed by atoms with E-state index in [0.717, 1.165) is 12.3 Å². The normalized spacial score (nSPS) is 20.4. The quantitative estimate of drug-likeness (QED) is 0.785. The Bertz CT molecular complexity index is 360. The lowest BCUT2D eigenvalue weighted by Gasteiger charge is -2.18. The smallest absolute Gasteiger partial charge is 0.0138 e. The number of hydrogen-bond donors (Lipinski definition) is 1. The lowest BCUT2D eigenvalue weighted by Crippen LogP contribution is -2.34. The van der Waals surface area contributed by atoms with Crippen molar-refractivity contribution >= 4 is 0 Å². The molecular weight excluding hydrogens is 182 g/mol. The molecule has 0 radical (unpaired) electrons. The van der Waals surface area contributed by atoms with E-state index in [9.17, 15) is 0 Å². The molecule has 1 unspecified atom stereocenters. The lowest BCUT2D eigenvalue weighted by molar-refractivity contribution is 0.516. The fourth-order valence-electron chi connectivity index (χ4n) is 2.53. The van der Waals surface area contributed by atoms with Gasteiger partial charge in [-0.2, -0.15) is 0 Å². The Labute approximate surface area is 92.7 Å². The van der Waals surface area contributed by atoms with Crippen LogP contribution in [0.15, 0.2) is 18.2 Å². The molecule has 0 amide bonds. The second-order valence-electron chi connectivity index (χ2n) is 5.78. The molecule has 1 heteroatoms. The van der Waals surface area contributed by atoms with Crippen molar-refractivity contribution in [2.24, 2.45) is 11.7 Å². The van der Waals surface area contributed by atoms with Gasteiger partial charge in [-0.25, -0.2) is 0 Å². The summed E-state index contributed by atoms with van der Waals surface area (Å²) in [5.41, 5.74) is 10.4. The van der Waals surface area contributed by atoms with Gasteiger partial charge in [-0.1, -0.05) is 25.1 Å². The number of nitrogens with two attached hydrogens (primary N) is 1. The molecule has 2 N–H and O–H groups in total. The minimum absolute atomic E-state index is 0.0988. The predicted molar refractivity (Wildman–Crippen MR) is 65.0 cm³/mol. The highest BCUT2D eigenvalue weighted by Gasteiger charge is 2.19. The highest BCUT2D eigenvalue weighted by molar-refractivity contribution is 5.36. The minimum Gasteiger partial charge on any atom is -0.325 e. The van der Waals surface area contributed by atoms with E-state index in [1.165, 1.54) is 18.4 Å². The summed E-state index contributed by atoms with van der Waals surface area (Å²) in [5.74, 6) is 0.820. The van der Waals surface area contributed by atoms with E-state index in [-0.39, 0.29) is 5.54 Å². The van der Waals surface area contributed by atoms with Gasteiger partial charge >= 0.3 is 0 Å². The van der Waals surface area contributed by atoms with Crippen molar-refractivity contribution in [2.75, 3.05) is 0 Å². The maximum atomic E-state index is 6.04. The fraction of sp³-hybridized carbons (Fsp3) is 0.571. The van der Waals surface area contributed by atoms with Gasteiger partial charge in [0, 0.05) is 5.54 Å². The van der Waals surface area contributed by atoms with E-state index in [0.29, 0.717) is 0 Å². The van der Waals surface area contributed by atoms with E-state index >= 15 is 0 Å². The van der Waals surface area contributed by atoms with Gasteiger partial charge in [0.25, 0.3) is 0 Å². The second-order valence-corrected chi connectivity index (χ2v) is 5.78. The van der Waals surface area contributed by atoms with Gasteiger partial charge in [0.15, 0.2) is 0 Å². The molecule has 0 spiro atoms. The Hall–Kier alpha value is -0.820. The zero-order chi connectivity index (χ0) is 11.1. The number of rotatable bonds is 2. The number of fused-ring (bicyclic) bond motifs is 1. The first kappa shape index (κ1) is 10.7. The fourth-order valence-corrected chi connectivity index (χ4v) is 2.53. The Morgan fingerprint density at radius 3 is 2.60 bits per heavy atom. The summed E-state index contributed by atoms with van der Waals surface area (Å²) in [6.07, 6.45) is 3.46. The second kappa shape index (κ2) is 3.64. The molecule has 1 aliphatic rings. The van der Waals surface area contributed by atoms with E-state index in [1.807, 2.05) is 0 Å². The number of benzene rings is 1. The minimum atomic E-state index is -0.0988. The molecule has 15 heavy (non-hydrogen) atoms. The Kier molecular flexibility index (Phi) is 2.59. The van der Waals surface area contributed by atoms with Crippen LogP contribution < -0.4 is 5.73 Å². The predicted octanol–water partition coefficient (Wildman–Crippen LogP) is 2.70. The standard InChI is InChI=1S/C14H21N/c1-10-6-12-5-4-11(8-13(12)7-10)9-14(2,3)15/h4-5,8,10H,6-7,9,15H2,1-3H3. The zero-order valence-corrected chi connectivity index (χ0v) is 10.0. The summed E-state index contributed by atoms with van der Waals surface area (Å²) in [7, 11) is 0. The first-order valence-electron chi connectivity index (χ1n) is 5.83. The Balaban J connectivity index is 2.20. The Morgan fingerprint density at radius 1 is 1.27 bits per heavy atom. The van der Waals surface area contributed by atoms with Crippen LogP contribution >= 0.6 is 0 Å². The van der Waals surface area contributed by atoms with Crippen molar-refractivity contribution in [3.05, 3.63) is 34.9 Å². The first-order chi connectivity index (χ1) is 6.94. The molecule has 0 fully saturated rings. The summed E-state index contributed by atoms with van der Waals surface area (Å²) >= 11 is 0. The van der Waals surface area contributed by atoms with Crippen LogP contribution in [0.2, 0.25) is 0 Å². The lowest BCUT2D eigenvalue weighted by atomic mass is 9.94. The summed E-state index contributed by atoms with van der Waals surface area (Å²) in [5, 5.41) is 0. The molecular formula is C14H21N. The topological polar surface area (TPSA) is 26.0 Å². The zero-order valence-electron chi connectivity index (χ0n) is 10.0. The first-order valence-corrected chi connectivity index (χ1v) is 5.83. The van der Waals surface area contributed by atoms with Crippen LogP contribution in [0.1, 0.15) is 37.5 Å². The molecule has 0 saturated heterocycles. The molecule has 2 rings (SSSR count). The van der Waals surface area contributed by atoms with Crippen molar-refractivity contribution in [3.63, 3.8) is 0 Å². The van der Waals surface area contributed by atoms with E-state index < -0.39 is 0 Å². The van der Waals surface area contributed by atoms with Gasteiger partial charge in [0.1, 0.15) is 0 Å². The van der Waals surface area contributed by atoms with Crippen LogP contribution in [-0.4, -0.2) is 5.54 Å². The largest absolute Gasteiger partial charge is 0.325 e. The van der Waals surface area contributed by atoms with E-state index in [4.69, 9.17) is 5.73 Å². The third-order valence-corrected chi connectivity index (χ3v) is 3.07.